The smallest absolute Gasteiger partial charge is 0.275 e. The lowest BCUT2D eigenvalue weighted by atomic mass is 9.49. The predicted molar refractivity (Wildman–Crippen MR) is 232 cm³/mol. The molecule has 4 aromatic rings. The molecule has 14 nitrogen and oxygen atoms in total. The van der Waals surface area contributed by atoms with Gasteiger partial charge in [-0.3, -0.25) is 29.4 Å². The highest BCUT2D eigenvalue weighted by Crippen LogP contribution is 2.55. The first-order chi connectivity index (χ1) is 29.2. The Kier molecular flexibility index (Phi) is 11.3. The maximum atomic E-state index is 13.5. The minimum Gasteiger partial charge on any atom is -0.489 e. The molecule has 0 unspecified atom stereocenters. The fourth-order valence-electron chi connectivity index (χ4n) is 10.2. The highest BCUT2D eigenvalue weighted by Gasteiger charge is 2.64. The first kappa shape index (κ1) is 41.8. The van der Waals surface area contributed by atoms with E-state index in [1.54, 1.807) is 24.3 Å². The van der Waals surface area contributed by atoms with E-state index >= 15 is 0 Å². The lowest BCUT2D eigenvalue weighted by Crippen LogP contribution is -2.74. The third-order valence-electron chi connectivity index (χ3n) is 13.3. The molecule has 1 aliphatic carbocycles. The van der Waals surface area contributed by atoms with Crippen LogP contribution in [0.2, 0.25) is 5.02 Å². The number of carbonyl (C=O) groups excluding carboxylic acids is 3. The van der Waals surface area contributed by atoms with Crippen molar-refractivity contribution < 1.29 is 19.1 Å². The van der Waals surface area contributed by atoms with Crippen LogP contribution in [0.4, 0.5) is 11.4 Å². The van der Waals surface area contributed by atoms with Gasteiger partial charge < -0.3 is 19.9 Å². The monoisotopic (exact) mass is 843 g/mol. The molecule has 3 aliphatic heterocycles. The van der Waals surface area contributed by atoms with E-state index in [-0.39, 0.29) is 53.3 Å². The van der Waals surface area contributed by atoms with Gasteiger partial charge in [0.15, 0.2) is 5.69 Å². The summed E-state index contributed by atoms with van der Waals surface area (Å²) >= 11 is 6.26. The molecule has 3 saturated heterocycles. The summed E-state index contributed by atoms with van der Waals surface area (Å²) in [7, 11) is 0. The summed E-state index contributed by atoms with van der Waals surface area (Å²) < 4.78 is 7.43. The first-order valence-corrected chi connectivity index (χ1v) is 21.4. The van der Waals surface area contributed by atoms with Gasteiger partial charge in [-0.05, 0) is 79.8 Å². The minimum absolute atomic E-state index is 0.0689. The molecule has 4 aliphatic rings. The number of hydrogen-bond acceptors (Lipinski definition) is 11. The second kappa shape index (κ2) is 16.5. The summed E-state index contributed by atoms with van der Waals surface area (Å²) in [6.45, 7) is 14.7. The van der Waals surface area contributed by atoms with Crippen LogP contribution in [0.15, 0.2) is 65.5 Å². The second-order valence-electron chi connectivity index (χ2n) is 18.0. The summed E-state index contributed by atoms with van der Waals surface area (Å²) in [5.41, 5.74) is 1.95. The van der Waals surface area contributed by atoms with Gasteiger partial charge in [-0.1, -0.05) is 39.3 Å². The molecule has 316 valence electrons. The zero-order chi connectivity index (χ0) is 43.2. The van der Waals surface area contributed by atoms with Gasteiger partial charge in [-0.15, -0.1) is 0 Å². The van der Waals surface area contributed by atoms with E-state index in [0.29, 0.717) is 38.6 Å². The standard InChI is InChI=1S/C46H50ClN9O5/c1-45(2)43(46(3,4)44(45)61-33-11-7-30(25-48)36(47)24-33)51-40(58)29-5-8-31(9-6-29)54-17-15-28(16-18-54)27-53-19-21-55(22-20-53)32-10-12-34-35(23-32)37(26-49)52-56(42(34)60)38-13-14-39(57)50-41(38)59/h5-12,23-24,28,38,43-44H,13-22,27H2,1-4H3,(H,51,58)(H,50,57,59)/t38-,43-,44-/m0/s1. The number of carbonyl (C=O) groups is 3. The number of hydrogen-bond donors (Lipinski definition) is 2. The molecule has 1 atom stereocenters. The predicted octanol–water partition coefficient (Wildman–Crippen LogP) is 5.42. The average molecular weight is 844 g/mol. The van der Waals surface area contributed by atoms with E-state index in [1.165, 1.54) is 0 Å². The number of amides is 3. The van der Waals surface area contributed by atoms with E-state index in [2.05, 4.69) is 70.3 Å². The van der Waals surface area contributed by atoms with Gasteiger partial charge >= 0.3 is 0 Å². The zero-order valence-electron chi connectivity index (χ0n) is 34.9. The lowest BCUT2D eigenvalue weighted by Gasteiger charge is -2.63. The minimum atomic E-state index is -0.937. The van der Waals surface area contributed by atoms with Gasteiger partial charge in [0.1, 0.15) is 30.0 Å². The van der Waals surface area contributed by atoms with Crippen molar-refractivity contribution in [1.82, 2.24) is 25.3 Å². The Morgan fingerprint density at radius 3 is 2.16 bits per heavy atom. The zero-order valence-corrected chi connectivity index (χ0v) is 35.7. The Hall–Kier alpha value is -5.96. The van der Waals surface area contributed by atoms with Crippen molar-refractivity contribution in [2.24, 2.45) is 16.7 Å². The summed E-state index contributed by atoms with van der Waals surface area (Å²) in [4.78, 5) is 58.2. The Morgan fingerprint density at radius 1 is 0.852 bits per heavy atom. The summed E-state index contributed by atoms with van der Waals surface area (Å²) in [6.07, 6.45) is 2.24. The molecule has 3 amide bonds. The average Bonchev–Trinajstić information content (AvgIpc) is 3.25. The number of aromatic nitrogens is 2. The maximum absolute atomic E-state index is 13.5. The van der Waals surface area contributed by atoms with E-state index in [9.17, 15) is 29.7 Å². The van der Waals surface area contributed by atoms with Crippen LogP contribution in [0.5, 0.6) is 5.75 Å². The van der Waals surface area contributed by atoms with Crippen molar-refractivity contribution >= 4 is 51.5 Å². The van der Waals surface area contributed by atoms with Crippen molar-refractivity contribution in [3.05, 3.63) is 92.9 Å². The highest BCUT2D eigenvalue weighted by molar-refractivity contribution is 6.31. The van der Waals surface area contributed by atoms with Gasteiger partial charge in [0.05, 0.1) is 16.0 Å². The Balaban J connectivity index is 0.809. The number of nitriles is 2. The molecule has 2 N–H and O–H groups in total. The van der Waals surface area contributed by atoms with Crippen molar-refractivity contribution in [2.75, 3.05) is 55.6 Å². The second-order valence-corrected chi connectivity index (χ2v) is 18.4. The SMILES string of the molecule is CC1(C)[C@H](NC(=O)c2ccc(N3CCC(CN4CCN(c5ccc6c(=O)n([C@H]7CCC(=O)NC7=O)nc(C#N)c6c5)CC4)CC3)cc2)C(C)(C)[C@H]1Oc1ccc(C#N)c(Cl)c1. The molecule has 1 aromatic heterocycles. The molecule has 0 spiro atoms. The van der Waals surface area contributed by atoms with Gasteiger partial charge in [-0.25, -0.2) is 4.68 Å². The molecule has 8 rings (SSSR count). The lowest BCUT2D eigenvalue weighted by molar-refractivity contribution is -0.164. The summed E-state index contributed by atoms with van der Waals surface area (Å²) in [6, 6.07) is 21.6. The third-order valence-corrected chi connectivity index (χ3v) is 13.6. The Bertz CT molecular complexity index is 2510. The Labute approximate surface area is 360 Å². The van der Waals surface area contributed by atoms with Crippen LogP contribution < -0.4 is 30.7 Å². The number of fused-ring (bicyclic) bond motifs is 1. The van der Waals surface area contributed by atoms with Crippen LogP contribution in [0.25, 0.3) is 10.8 Å². The molecule has 0 bridgehead atoms. The fourth-order valence-corrected chi connectivity index (χ4v) is 10.4. The molecular formula is C46H50ClN9O5. The van der Waals surface area contributed by atoms with Crippen LogP contribution in [0.1, 0.15) is 81.0 Å². The van der Waals surface area contributed by atoms with Crippen LogP contribution in [-0.4, -0.2) is 90.4 Å². The maximum Gasteiger partial charge on any atom is 0.275 e. The number of piperazine rings is 1. The third kappa shape index (κ3) is 8.03. The largest absolute Gasteiger partial charge is 0.489 e. The van der Waals surface area contributed by atoms with Crippen molar-refractivity contribution in [3.63, 3.8) is 0 Å². The van der Waals surface area contributed by atoms with Crippen molar-refractivity contribution in [3.8, 4) is 17.9 Å². The number of rotatable bonds is 9. The van der Waals surface area contributed by atoms with Gasteiger partial charge in [0.25, 0.3) is 17.4 Å². The van der Waals surface area contributed by atoms with E-state index in [1.807, 2.05) is 36.4 Å². The number of anilines is 2. The molecule has 4 fully saturated rings. The summed E-state index contributed by atoms with van der Waals surface area (Å²) in [5.74, 6) is 0.0955. The van der Waals surface area contributed by atoms with Crippen molar-refractivity contribution in [1.29, 1.82) is 10.5 Å². The van der Waals surface area contributed by atoms with Gasteiger partial charge in [0, 0.05) is 97.5 Å². The quantitative estimate of drug-likeness (QED) is 0.206. The molecule has 1 saturated carbocycles. The number of halogens is 1. The molecule has 61 heavy (non-hydrogen) atoms. The van der Waals surface area contributed by atoms with Crippen LogP contribution in [0.3, 0.4) is 0 Å². The van der Waals surface area contributed by atoms with E-state index < -0.39 is 17.5 Å². The van der Waals surface area contributed by atoms with Crippen LogP contribution >= 0.6 is 11.6 Å². The normalized spacial score (nSPS) is 22.8. The van der Waals surface area contributed by atoms with E-state index in [4.69, 9.17) is 16.3 Å². The number of benzene rings is 3. The van der Waals surface area contributed by atoms with Crippen molar-refractivity contribution in [2.45, 2.75) is 71.6 Å². The number of imide groups is 1. The van der Waals surface area contributed by atoms with Gasteiger partial charge in [0.2, 0.25) is 5.91 Å². The molecule has 15 heteroatoms. The number of ether oxygens (including phenoxy) is 1. The number of piperidine rings is 2. The van der Waals surface area contributed by atoms with Gasteiger partial charge in [-0.2, -0.15) is 15.6 Å². The molecule has 3 aromatic carbocycles. The topological polar surface area (TPSA) is 177 Å². The van der Waals surface area contributed by atoms with E-state index in [0.717, 1.165) is 74.7 Å². The fraction of sp³-hybridized carbons (Fsp3) is 0.457. The first-order valence-electron chi connectivity index (χ1n) is 21.0. The Morgan fingerprint density at radius 2 is 1.52 bits per heavy atom. The molecular weight excluding hydrogens is 794 g/mol. The highest BCUT2D eigenvalue weighted by atomic mass is 35.5. The summed E-state index contributed by atoms with van der Waals surface area (Å²) in [5, 5.41) is 30.1. The van der Waals surface area contributed by atoms with Crippen LogP contribution in [-0.2, 0) is 9.59 Å². The van der Waals surface area contributed by atoms with Crippen LogP contribution in [0, 0.1) is 39.4 Å². The number of nitrogens with one attached hydrogen (secondary N) is 2. The molecule has 4 heterocycles. The molecule has 0 radical (unpaired) electrons. The number of nitrogens with zero attached hydrogens (tertiary/aromatic N) is 7.